The molecule has 2 aromatic heterocycles. The Kier molecular flexibility index (Phi) is 4.66. The number of amides is 1. The zero-order valence-corrected chi connectivity index (χ0v) is 14.8. The fourth-order valence-corrected chi connectivity index (χ4v) is 3.23. The molecule has 2 aromatic carbocycles. The van der Waals surface area contributed by atoms with E-state index in [1.54, 1.807) is 17.0 Å². The SMILES string of the molecule is O=C(CCCn1ccc2ccccc2c1=O)Nc1cccc2cccnc12. The third-order valence-electron chi connectivity index (χ3n) is 4.60. The van der Waals surface area contributed by atoms with E-state index in [0.717, 1.165) is 16.3 Å². The minimum atomic E-state index is -0.0815. The van der Waals surface area contributed by atoms with E-state index in [-0.39, 0.29) is 11.5 Å². The Hall–Kier alpha value is -3.47. The molecule has 0 bridgehead atoms. The molecule has 0 aliphatic rings. The van der Waals surface area contributed by atoms with Crippen molar-refractivity contribution in [3.05, 3.63) is 83.4 Å². The fraction of sp³-hybridized carbons (Fsp3) is 0.136. The van der Waals surface area contributed by atoms with Gasteiger partial charge in [0.2, 0.25) is 5.91 Å². The molecule has 1 amide bonds. The predicted octanol–water partition coefficient (Wildman–Crippen LogP) is 3.97. The smallest absolute Gasteiger partial charge is 0.258 e. The van der Waals surface area contributed by atoms with Crippen LogP contribution in [0.4, 0.5) is 5.69 Å². The molecule has 0 saturated heterocycles. The molecule has 0 fully saturated rings. The molecule has 0 saturated carbocycles. The highest BCUT2D eigenvalue weighted by molar-refractivity contribution is 6.00. The summed E-state index contributed by atoms with van der Waals surface area (Å²) < 4.78 is 1.66. The lowest BCUT2D eigenvalue weighted by Crippen LogP contribution is -2.20. The second kappa shape index (κ2) is 7.41. The fourth-order valence-electron chi connectivity index (χ4n) is 3.23. The summed E-state index contributed by atoms with van der Waals surface area (Å²) in [6.45, 7) is 0.505. The molecule has 5 nitrogen and oxygen atoms in total. The number of pyridine rings is 2. The first-order valence-corrected chi connectivity index (χ1v) is 8.94. The van der Waals surface area contributed by atoms with E-state index in [4.69, 9.17) is 0 Å². The Morgan fingerprint density at radius 1 is 0.963 bits per heavy atom. The van der Waals surface area contributed by atoms with Crippen molar-refractivity contribution >= 4 is 33.3 Å². The molecule has 0 spiro atoms. The second-order valence-corrected chi connectivity index (χ2v) is 6.43. The maximum atomic E-state index is 12.5. The highest BCUT2D eigenvalue weighted by atomic mass is 16.1. The lowest BCUT2D eigenvalue weighted by atomic mass is 10.1. The van der Waals surface area contributed by atoms with Gasteiger partial charge in [-0.25, -0.2) is 0 Å². The van der Waals surface area contributed by atoms with Crippen molar-refractivity contribution in [2.45, 2.75) is 19.4 Å². The van der Waals surface area contributed by atoms with Crippen LogP contribution in [-0.2, 0) is 11.3 Å². The van der Waals surface area contributed by atoms with Gasteiger partial charge in [0.25, 0.3) is 5.56 Å². The largest absolute Gasteiger partial charge is 0.324 e. The summed E-state index contributed by atoms with van der Waals surface area (Å²) in [7, 11) is 0. The van der Waals surface area contributed by atoms with Gasteiger partial charge in [0, 0.05) is 36.1 Å². The van der Waals surface area contributed by atoms with Gasteiger partial charge in [-0.05, 0) is 36.1 Å². The molecule has 0 aliphatic carbocycles. The van der Waals surface area contributed by atoms with E-state index in [1.807, 2.05) is 60.7 Å². The van der Waals surface area contributed by atoms with Crippen molar-refractivity contribution in [3.8, 4) is 0 Å². The first-order chi connectivity index (χ1) is 13.2. The lowest BCUT2D eigenvalue weighted by molar-refractivity contribution is -0.116. The zero-order valence-electron chi connectivity index (χ0n) is 14.8. The number of anilines is 1. The number of rotatable bonds is 5. The Bertz CT molecular complexity index is 1180. The molecule has 0 radical (unpaired) electrons. The van der Waals surface area contributed by atoms with Gasteiger partial charge < -0.3 is 9.88 Å². The van der Waals surface area contributed by atoms with Crippen LogP contribution in [0.5, 0.6) is 0 Å². The van der Waals surface area contributed by atoms with Crippen LogP contribution in [0, 0.1) is 0 Å². The predicted molar refractivity (Wildman–Crippen MR) is 108 cm³/mol. The number of aromatic nitrogens is 2. The van der Waals surface area contributed by atoms with Crippen molar-refractivity contribution in [1.82, 2.24) is 9.55 Å². The van der Waals surface area contributed by atoms with E-state index in [2.05, 4.69) is 10.3 Å². The van der Waals surface area contributed by atoms with Crippen LogP contribution in [0.1, 0.15) is 12.8 Å². The van der Waals surface area contributed by atoms with E-state index in [0.29, 0.717) is 30.5 Å². The van der Waals surface area contributed by atoms with E-state index >= 15 is 0 Å². The van der Waals surface area contributed by atoms with Gasteiger partial charge in [-0.1, -0.05) is 36.4 Å². The zero-order chi connectivity index (χ0) is 18.6. The number of aryl methyl sites for hydroxylation is 1. The molecule has 4 aromatic rings. The van der Waals surface area contributed by atoms with Gasteiger partial charge in [0.1, 0.15) is 0 Å². The number of benzene rings is 2. The molecule has 0 atom stereocenters. The summed E-state index contributed by atoms with van der Waals surface area (Å²) >= 11 is 0. The standard InChI is InChI=1S/C22H19N3O2/c26-20(24-19-10-3-7-17-8-4-13-23-21(17)19)11-5-14-25-15-12-16-6-1-2-9-18(16)22(25)27/h1-4,6-10,12-13,15H,5,11,14H2,(H,24,26). The van der Waals surface area contributed by atoms with Crippen LogP contribution < -0.4 is 10.9 Å². The topological polar surface area (TPSA) is 64.0 Å². The number of fused-ring (bicyclic) bond motifs is 2. The summed E-state index contributed by atoms with van der Waals surface area (Å²) in [6, 6.07) is 19.0. The lowest BCUT2D eigenvalue weighted by Gasteiger charge is -2.09. The van der Waals surface area contributed by atoms with Gasteiger partial charge in [-0.2, -0.15) is 0 Å². The quantitative estimate of drug-likeness (QED) is 0.588. The number of nitrogens with zero attached hydrogens (tertiary/aromatic N) is 2. The van der Waals surface area contributed by atoms with Crippen LogP contribution in [0.15, 0.2) is 77.9 Å². The number of hydrogen-bond acceptors (Lipinski definition) is 3. The molecule has 0 unspecified atom stereocenters. The molecule has 2 heterocycles. The number of carbonyl (C=O) groups is 1. The van der Waals surface area contributed by atoms with Crippen molar-refractivity contribution < 1.29 is 4.79 Å². The monoisotopic (exact) mass is 357 g/mol. The van der Waals surface area contributed by atoms with E-state index < -0.39 is 0 Å². The van der Waals surface area contributed by atoms with Crippen LogP contribution in [0.3, 0.4) is 0 Å². The third-order valence-corrected chi connectivity index (χ3v) is 4.60. The van der Waals surface area contributed by atoms with E-state index in [9.17, 15) is 9.59 Å². The van der Waals surface area contributed by atoms with Crippen LogP contribution in [0.2, 0.25) is 0 Å². The van der Waals surface area contributed by atoms with Gasteiger partial charge in [-0.3, -0.25) is 14.6 Å². The molecule has 1 N–H and O–H groups in total. The molecule has 0 aliphatic heterocycles. The van der Waals surface area contributed by atoms with Gasteiger partial charge in [0.05, 0.1) is 11.2 Å². The van der Waals surface area contributed by atoms with Crippen molar-refractivity contribution in [2.24, 2.45) is 0 Å². The third kappa shape index (κ3) is 3.58. The summed E-state index contributed by atoms with van der Waals surface area (Å²) in [5, 5.41) is 5.54. The highest BCUT2D eigenvalue weighted by Crippen LogP contribution is 2.20. The molecule has 27 heavy (non-hydrogen) atoms. The van der Waals surface area contributed by atoms with E-state index in [1.165, 1.54) is 0 Å². The van der Waals surface area contributed by atoms with Crippen LogP contribution in [-0.4, -0.2) is 15.5 Å². The average molecular weight is 357 g/mol. The first-order valence-electron chi connectivity index (χ1n) is 8.94. The molecular formula is C22H19N3O2. The maximum absolute atomic E-state index is 12.5. The number of carbonyl (C=O) groups excluding carboxylic acids is 1. The number of nitrogens with one attached hydrogen (secondary N) is 1. The van der Waals surface area contributed by atoms with Gasteiger partial charge in [-0.15, -0.1) is 0 Å². The minimum Gasteiger partial charge on any atom is -0.324 e. The van der Waals surface area contributed by atoms with Gasteiger partial charge >= 0.3 is 0 Å². The molecule has 134 valence electrons. The Morgan fingerprint density at radius 3 is 2.70 bits per heavy atom. The van der Waals surface area contributed by atoms with Crippen molar-refractivity contribution in [1.29, 1.82) is 0 Å². The van der Waals surface area contributed by atoms with Crippen molar-refractivity contribution in [3.63, 3.8) is 0 Å². The number of hydrogen-bond donors (Lipinski definition) is 1. The van der Waals surface area contributed by atoms with Crippen LogP contribution in [0.25, 0.3) is 21.7 Å². The highest BCUT2D eigenvalue weighted by Gasteiger charge is 2.07. The maximum Gasteiger partial charge on any atom is 0.258 e. The summed E-state index contributed by atoms with van der Waals surface area (Å²) in [5.74, 6) is -0.0815. The summed E-state index contributed by atoms with van der Waals surface area (Å²) in [5.41, 5.74) is 1.46. The molecule has 5 heteroatoms. The summed E-state index contributed by atoms with van der Waals surface area (Å²) in [6.07, 6.45) is 4.42. The Balaban J connectivity index is 1.41. The average Bonchev–Trinajstić information content (AvgIpc) is 2.70. The van der Waals surface area contributed by atoms with Gasteiger partial charge in [0.15, 0.2) is 0 Å². The second-order valence-electron chi connectivity index (χ2n) is 6.43. The Morgan fingerprint density at radius 2 is 1.78 bits per heavy atom. The van der Waals surface area contributed by atoms with Crippen molar-refractivity contribution in [2.75, 3.05) is 5.32 Å². The summed E-state index contributed by atoms with van der Waals surface area (Å²) in [4.78, 5) is 29.2. The first kappa shape index (κ1) is 17.0. The molecule has 4 rings (SSSR count). The van der Waals surface area contributed by atoms with Crippen LogP contribution >= 0.6 is 0 Å². The normalized spacial score (nSPS) is 11.0. The number of para-hydroxylation sites is 1. The Labute approximate surface area is 156 Å². The molecular weight excluding hydrogens is 338 g/mol. The minimum absolute atomic E-state index is 0.0215.